The largest absolute Gasteiger partial charge is 0.466 e. The van der Waals surface area contributed by atoms with Gasteiger partial charge >= 0.3 is 17.9 Å². The Balaban J connectivity index is 1.69. The number of rotatable bonds is 2. The first-order valence-electron chi connectivity index (χ1n) is 12.4. The van der Waals surface area contributed by atoms with E-state index in [-0.39, 0.29) is 23.0 Å². The van der Waals surface area contributed by atoms with Crippen molar-refractivity contribution in [2.75, 3.05) is 7.11 Å². The lowest BCUT2D eigenvalue weighted by Gasteiger charge is -2.69. The highest BCUT2D eigenvalue weighted by Gasteiger charge is 2.89. The number of esters is 3. The summed E-state index contributed by atoms with van der Waals surface area (Å²) in [5.74, 6) is -1.28. The molecule has 5 fully saturated rings. The second kappa shape index (κ2) is 6.83. The smallest absolute Gasteiger partial charge is 0.347 e. The fourth-order valence-electron chi connectivity index (χ4n) is 9.25. The van der Waals surface area contributed by atoms with Gasteiger partial charge in [0.2, 0.25) is 6.10 Å². The number of fused-ring (bicyclic) bond motifs is 3. The number of hydrogen-bond acceptors (Lipinski definition) is 8. The van der Waals surface area contributed by atoms with Crippen LogP contribution in [-0.4, -0.2) is 54.7 Å². The summed E-state index contributed by atoms with van der Waals surface area (Å²) >= 11 is 0. The van der Waals surface area contributed by atoms with Crippen LogP contribution in [0.3, 0.4) is 0 Å². The zero-order valence-corrected chi connectivity index (χ0v) is 21.2. The predicted octanol–water partition coefficient (Wildman–Crippen LogP) is 2.99. The average molecular weight is 477 g/mol. The van der Waals surface area contributed by atoms with E-state index in [4.69, 9.17) is 18.9 Å². The van der Waals surface area contributed by atoms with Crippen LogP contribution < -0.4 is 0 Å². The summed E-state index contributed by atoms with van der Waals surface area (Å²) in [5, 5.41) is 0. The second-order valence-electron chi connectivity index (χ2n) is 12.4. The van der Waals surface area contributed by atoms with Crippen molar-refractivity contribution in [1.29, 1.82) is 0 Å². The molecule has 2 saturated heterocycles. The van der Waals surface area contributed by atoms with Crippen LogP contribution in [0.15, 0.2) is 0 Å². The molecular weight excluding hydrogens is 440 g/mol. The molecule has 188 valence electrons. The third-order valence-corrected chi connectivity index (χ3v) is 10.9. The third kappa shape index (κ3) is 2.48. The minimum absolute atomic E-state index is 0.0218. The molecule has 2 heterocycles. The van der Waals surface area contributed by atoms with Gasteiger partial charge in [-0.2, -0.15) is 0 Å². The lowest BCUT2D eigenvalue weighted by Crippen LogP contribution is -2.75. The lowest BCUT2D eigenvalue weighted by atomic mass is 9.35. The first kappa shape index (κ1) is 23.8. The molecular formula is C26H36O8. The standard InChI is InChI=1S/C26H36O8/c1-13(27)32-17-12-15-22(2,3)16(28)9-10-23(15,4)14-8-11-24(5)18(20(29)31-7)33-21(30)19-26(24,34-19)25(14,17)6/h14-15,17-19H,8-12H2,1-7H3/t14?,15?,17?,18?,19?,23-,24+,25+,26+/m1/s1. The number of ketones is 1. The Morgan fingerprint density at radius 1 is 1.03 bits per heavy atom. The summed E-state index contributed by atoms with van der Waals surface area (Å²) in [6.07, 6.45) is 0.629. The fraction of sp³-hybridized carbons (Fsp3) is 0.846. The number of hydrogen-bond donors (Lipinski definition) is 0. The van der Waals surface area contributed by atoms with Crippen molar-refractivity contribution >= 4 is 23.7 Å². The molecule has 34 heavy (non-hydrogen) atoms. The first-order chi connectivity index (χ1) is 15.7. The van der Waals surface area contributed by atoms with Gasteiger partial charge in [-0.05, 0) is 42.9 Å². The minimum atomic E-state index is -1.09. The van der Waals surface area contributed by atoms with Crippen molar-refractivity contribution in [3.8, 4) is 0 Å². The zero-order chi connectivity index (χ0) is 25.1. The molecule has 3 saturated carbocycles. The summed E-state index contributed by atoms with van der Waals surface area (Å²) in [6, 6.07) is 0. The van der Waals surface area contributed by atoms with Gasteiger partial charge in [0.25, 0.3) is 0 Å². The molecule has 0 aromatic heterocycles. The van der Waals surface area contributed by atoms with E-state index in [0.29, 0.717) is 19.3 Å². The molecule has 8 heteroatoms. The van der Waals surface area contributed by atoms with Crippen molar-refractivity contribution in [2.24, 2.45) is 33.5 Å². The average Bonchev–Trinajstić information content (AvgIpc) is 3.53. The zero-order valence-electron chi connectivity index (χ0n) is 21.2. The number of methoxy groups -OCH3 is 1. The quantitative estimate of drug-likeness (QED) is 0.340. The van der Waals surface area contributed by atoms with E-state index in [1.165, 1.54) is 14.0 Å². The van der Waals surface area contributed by atoms with Gasteiger partial charge in [-0.1, -0.05) is 34.6 Å². The molecule has 5 rings (SSSR count). The monoisotopic (exact) mass is 476 g/mol. The molecule has 5 aliphatic rings. The van der Waals surface area contributed by atoms with Crippen LogP contribution >= 0.6 is 0 Å². The van der Waals surface area contributed by atoms with Crippen molar-refractivity contribution < 1.29 is 38.1 Å². The van der Waals surface area contributed by atoms with Gasteiger partial charge in [-0.3, -0.25) is 9.59 Å². The Hall–Kier alpha value is -1.96. The van der Waals surface area contributed by atoms with Crippen LogP contribution in [0.1, 0.15) is 73.6 Å². The first-order valence-corrected chi connectivity index (χ1v) is 12.4. The van der Waals surface area contributed by atoms with Gasteiger partial charge in [0.15, 0.2) is 6.10 Å². The summed E-state index contributed by atoms with van der Waals surface area (Å²) < 4.78 is 23.0. The fourth-order valence-corrected chi connectivity index (χ4v) is 9.25. The molecule has 1 spiro atoms. The highest BCUT2D eigenvalue weighted by Crippen LogP contribution is 2.78. The molecule has 5 unspecified atom stereocenters. The number of carbonyl (C=O) groups is 4. The van der Waals surface area contributed by atoms with E-state index >= 15 is 0 Å². The van der Waals surface area contributed by atoms with Crippen LogP contribution in [0, 0.1) is 33.5 Å². The summed E-state index contributed by atoms with van der Waals surface area (Å²) in [5.41, 5.74) is -3.35. The predicted molar refractivity (Wildman–Crippen MR) is 118 cm³/mol. The van der Waals surface area contributed by atoms with Crippen molar-refractivity contribution in [1.82, 2.24) is 0 Å². The molecule has 9 atom stereocenters. The van der Waals surface area contributed by atoms with Crippen molar-refractivity contribution in [3.63, 3.8) is 0 Å². The summed E-state index contributed by atoms with van der Waals surface area (Å²) in [4.78, 5) is 51.1. The van der Waals surface area contributed by atoms with E-state index in [9.17, 15) is 19.2 Å². The van der Waals surface area contributed by atoms with Crippen LogP contribution in [0.2, 0.25) is 0 Å². The van der Waals surface area contributed by atoms with Crippen molar-refractivity contribution in [3.05, 3.63) is 0 Å². The molecule has 0 radical (unpaired) electrons. The molecule has 8 nitrogen and oxygen atoms in total. The Bertz CT molecular complexity index is 987. The maximum Gasteiger partial charge on any atom is 0.347 e. The van der Waals surface area contributed by atoms with Crippen LogP contribution in [0.4, 0.5) is 0 Å². The second-order valence-corrected chi connectivity index (χ2v) is 12.4. The minimum Gasteiger partial charge on any atom is -0.466 e. The SMILES string of the molecule is COC(=O)C1OC(=O)C2O[C@@]23[C@]2(C)C(OC(C)=O)CC4C(C)(C)C(=O)CC[C@]4(C)C2CC[C@@]13C. The summed E-state index contributed by atoms with van der Waals surface area (Å²) in [7, 11) is 1.29. The molecule has 2 aliphatic heterocycles. The maximum atomic E-state index is 13.0. The molecule has 3 aliphatic carbocycles. The van der Waals surface area contributed by atoms with Gasteiger partial charge in [0, 0.05) is 29.6 Å². The molecule has 0 amide bonds. The molecule has 0 aromatic carbocycles. The Morgan fingerprint density at radius 2 is 1.71 bits per heavy atom. The van der Waals surface area contributed by atoms with Crippen LogP contribution in [0.5, 0.6) is 0 Å². The maximum absolute atomic E-state index is 13.0. The van der Waals surface area contributed by atoms with Gasteiger partial charge < -0.3 is 18.9 Å². The van der Waals surface area contributed by atoms with E-state index in [0.717, 1.165) is 12.8 Å². The van der Waals surface area contributed by atoms with E-state index < -0.39 is 58.1 Å². The Kier molecular flexibility index (Phi) is 4.77. The number of Topliss-reactive ketones (excluding diaryl/α,β-unsaturated/α-hetero) is 1. The number of carbonyl (C=O) groups excluding carboxylic acids is 4. The molecule has 0 aromatic rings. The highest BCUT2D eigenvalue weighted by atomic mass is 16.7. The van der Waals surface area contributed by atoms with Gasteiger partial charge in [0.1, 0.15) is 17.5 Å². The molecule has 0 bridgehead atoms. The van der Waals surface area contributed by atoms with E-state index in [1.807, 2.05) is 20.8 Å². The lowest BCUT2D eigenvalue weighted by molar-refractivity contribution is -0.263. The number of epoxide rings is 1. The van der Waals surface area contributed by atoms with E-state index in [2.05, 4.69) is 13.8 Å². The van der Waals surface area contributed by atoms with Crippen LogP contribution in [-0.2, 0) is 38.1 Å². The highest BCUT2D eigenvalue weighted by molar-refractivity contribution is 5.88. The topological polar surface area (TPSA) is 108 Å². The normalized spacial score (nSPS) is 50.5. The van der Waals surface area contributed by atoms with E-state index in [1.54, 1.807) is 0 Å². The Morgan fingerprint density at radius 3 is 2.32 bits per heavy atom. The number of cyclic esters (lactones) is 1. The summed E-state index contributed by atoms with van der Waals surface area (Å²) in [6.45, 7) is 11.7. The molecule has 0 N–H and O–H groups in total. The van der Waals surface area contributed by atoms with Gasteiger partial charge in [-0.25, -0.2) is 9.59 Å². The Labute approximate surface area is 200 Å². The van der Waals surface area contributed by atoms with Gasteiger partial charge in [0.05, 0.1) is 7.11 Å². The number of ether oxygens (including phenoxy) is 4. The van der Waals surface area contributed by atoms with Gasteiger partial charge in [-0.15, -0.1) is 0 Å². The third-order valence-electron chi connectivity index (χ3n) is 10.9. The van der Waals surface area contributed by atoms with Crippen LogP contribution in [0.25, 0.3) is 0 Å². The van der Waals surface area contributed by atoms with Crippen molar-refractivity contribution in [2.45, 2.75) is 97.6 Å².